The van der Waals surface area contributed by atoms with E-state index in [-0.39, 0.29) is 6.61 Å². The molecule has 3 rings (SSSR count). The third kappa shape index (κ3) is 1.67. The molecule has 1 saturated carbocycles. The summed E-state index contributed by atoms with van der Waals surface area (Å²) in [5.41, 5.74) is 2.09. The van der Waals surface area contributed by atoms with Crippen molar-refractivity contribution in [2.24, 2.45) is 5.92 Å². The SMILES string of the molecule is OCC1CCC1c1c[nH]c2c(Cl)ccc(Cl)c12. The highest BCUT2D eigenvalue weighted by atomic mass is 35.5. The van der Waals surface area contributed by atoms with Gasteiger partial charge in [-0.2, -0.15) is 0 Å². The van der Waals surface area contributed by atoms with Crippen LogP contribution in [0.5, 0.6) is 0 Å². The molecule has 1 aromatic heterocycles. The molecule has 0 spiro atoms. The molecule has 0 amide bonds. The van der Waals surface area contributed by atoms with Gasteiger partial charge in [0.05, 0.1) is 15.6 Å². The third-order valence-corrected chi connectivity index (χ3v) is 4.45. The molecule has 17 heavy (non-hydrogen) atoms. The minimum absolute atomic E-state index is 0.246. The van der Waals surface area contributed by atoms with Crippen molar-refractivity contribution in [1.82, 2.24) is 4.98 Å². The van der Waals surface area contributed by atoms with E-state index in [0.717, 1.165) is 28.8 Å². The zero-order valence-electron chi connectivity index (χ0n) is 9.21. The van der Waals surface area contributed by atoms with Gasteiger partial charge in [-0.15, -0.1) is 0 Å². The Hall–Kier alpha value is -0.700. The largest absolute Gasteiger partial charge is 0.396 e. The molecule has 2 N–H and O–H groups in total. The smallest absolute Gasteiger partial charge is 0.0661 e. The van der Waals surface area contributed by atoms with Gasteiger partial charge in [-0.3, -0.25) is 0 Å². The average molecular weight is 270 g/mol. The Morgan fingerprint density at radius 2 is 2.00 bits per heavy atom. The Labute approximate surface area is 110 Å². The molecule has 4 heteroatoms. The highest BCUT2D eigenvalue weighted by molar-refractivity contribution is 6.40. The summed E-state index contributed by atoms with van der Waals surface area (Å²) in [6, 6.07) is 3.63. The molecular weight excluding hydrogens is 257 g/mol. The minimum Gasteiger partial charge on any atom is -0.396 e. The molecule has 0 aliphatic heterocycles. The standard InChI is InChI=1S/C13H13Cl2NO/c14-10-3-4-11(15)13-12(10)9(5-16-13)8-2-1-7(8)6-17/h3-5,7-8,16-17H,1-2,6H2. The summed E-state index contributed by atoms with van der Waals surface area (Å²) in [7, 11) is 0. The fraction of sp³-hybridized carbons (Fsp3) is 0.385. The maximum atomic E-state index is 9.28. The number of nitrogens with one attached hydrogen (secondary N) is 1. The van der Waals surface area contributed by atoms with Gasteiger partial charge in [-0.1, -0.05) is 23.2 Å². The van der Waals surface area contributed by atoms with Crippen molar-refractivity contribution in [3.8, 4) is 0 Å². The van der Waals surface area contributed by atoms with Gasteiger partial charge in [0.1, 0.15) is 0 Å². The van der Waals surface area contributed by atoms with Crippen LogP contribution in [0.1, 0.15) is 24.3 Å². The summed E-state index contributed by atoms with van der Waals surface area (Å²) in [5, 5.41) is 11.7. The molecule has 1 aliphatic rings. The van der Waals surface area contributed by atoms with Crippen LogP contribution in [0.15, 0.2) is 18.3 Å². The maximum absolute atomic E-state index is 9.28. The first-order valence-electron chi connectivity index (χ1n) is 5.78. The second kappa shape index (κ2) is 4.20. The van der Waals surface area contributed by atoms with Gasteiger partial charge in [0, 0.05) is 18.2 Å². The second-order valence-corrected chi connectivity index (χ2v) is 5.46. The molecule has 0 bridgehead atoms. The first-order chi connectivity index (χ1) is 8.22. The maximum Gasteiger partial charge on any atom is 0.0661 e. The Bertz CT molecular complexity index is 562. The predicted octanol–water partition coefficient (Wildman–Crippen LogP) is 3.96. The van der Waals surface area contributed by atoms with Crippen LogP contribution >= 0.6 is 23.2 Å². The van der Waals surface area contributed by atoms with Crippen LogP contribution < -0.4 is 0 Å². The van der Waals surface area contributed by atoms with Crippen molar-refractivity contribution in [2.75, 3.05) is 6.61 Å². The number of aliphatic hydroxyl groups is 1. The van der Waals surface area contributed by atoms with Crippen LogP contribution in [0.4, 0.5) is 0 Å². The van der Waals surface area contributed by atoms with Gasteiger partial charge in [-0.25, -0.2) is 0 Å². The van der Waals surface area contributed by atoms with E-state index in [1.165, 1.54) is 5.56 Å². The fourth-order valence-electron chi connectivity index (χ4n) is 2.69. The van der Waals surface area contributed by atoms with E-state index < -0.39 is 0 Å². The van der Waals surface area contributed by atoms with Crippen molar-refractivity contribution in [2.45, 2.75) is 18.8 Å². The van der Waals surface area contributed by atoms with Crippen molar-refractivity contribution in [3.63, 3.8) is 0 Å². The number of hydrogen-bond donors (Lipinski definition) is 2. The summed E-state index contributed by atoms with van der Waals surface area (Å²) in [5.74, 6) is 0.772. The lowest BCUT2D eigenvalue weighted by atomic mass is 9.70. The highest BCUT2D eigenvalue weighted by Crippen LogP contribution is 2.46. The lowest BCUT2D eigenvalue weighted by Gasteiger charge is -2.35. The topological polar surface area (TPSA) is 36.0 Å². The van der Waals surface area contributed by atoms with Crippen LogP contribution in [0.3, 0.4) is 0 Å². The number of aliphatic hydroxyl groups excluding tert-OH is 1. The summed E-state index contributed by atoms with van der Waals surface area (Å²) >= 11 is 12.4. The zero-order valence-corrected chi connectivity index (χ0v) is 10.7. The monoisotopic (exact) mass is 269 g/mol. The number of rotatable bonds is 2. The first kappa shape index (κ1) is 11.4. The molecule has 90 valence electrons. The van der Waals surface area contributed by atoms with Crippen molar-refractivity contribution in [3.05, 3.63) is 33.9 Å². The summed E-state index contributed by atoms with van der Waals surface area (Å²) in [6.45, 7) is 0.246. The molecular formula is C13H13Cl2NO. The van der Waals surface area contributed by atoms with E-state index in [1.54, 1.807) is 6.07 Å². The molecule has 2 nitrogen and oxygen atoms in total. The number of halogens is 2. The molecule has 0 saturated heterocycles. The van der Waals surface area contributed by atoms with Crippen LogP contribution in [-0.2, 0) is 0 Å². The highest BCUT2D eigenvalue weighted by Gasteiger charge is 2.33. The van der Waals surface area contributed by atoms with E-state index in [1.807, 2.05) is 12.3 Å². The van der Waals surface area contributed by atoms with Gasteiger partial charge < -0.3 is 10.1 Å². The molecule has 1 fully saturated rings. The molecule has 2 unspecified atom stereocenters. The quantitative estimate of drug-likeness (QED) is 0.851. The van der Waals surface area contributed by atoms with Crippen LogP contribution in [0.25, 0.3) is 10.9 Å². The van der Waals surface area contributed by atoms with Crippen molar-refractivity contribution in [1.29, 1.82) is 0 Å². The molecule has 2 atom stereocenters. The van der Waals surface area contributed by atoms with Crippen molar-refractivity contribution >= 4 is 34.1 Å². The van der Waals surface area contributed by atoms with E-state index in [2.05, 4.69) is 4.98 Å². The number of benzene rings is 1. The lowest BCUT2D eigenvalue weighted by Crippen LogP contribution is -2.26. The number of fused-ring (bicyclic) bond motifs is 1. The lowest BCUT2D eigenvalue weighted by molar-refractivity contribution is 0.136. The van der Waals surface area contributed by atoms with Crippen molar-refractivity contribution < 1.29 is 5.11 Å². The molecule has 0 radical (unpaired) electrons. The summed E-state index contributed by atoms with van der Waals surface area (Å²) in [6.07, 6.45) is 4.18. The van der Waals surface area contributed by atoms with Crippen LogP contribution in [0.2, 0.25) is 10.0 Å². The zero-order chi connectivity index (χ0) is 12.0. The number of hydrogen-bond acceptors (Lipinski definition) is 1. The van der Waals surface area contributed by atoms with E-state index in [4.69, 9.17) is 23.2 Å². The molecule has 1 heterocycles. The Morgan fingerprint density at radius 1 is 1.24 bits per heavy atom. The van der Waals surface area contributed by atoms with Crippen LogP contribution in [-0.4, -0.2) is 16.7 Å². The Balaban J connectivity index is 2.15. The number of aromatic amines is 1. The van der Waals surface area contributed by atoms with E-state index >= 15 is 0 Å². The normalized spacial score (nSPS) is 23.9. The van der Waals surface area contributed by atoms with Gasteiger partial charge in [-0.05, 0) is 42.4 Å². The van der Waals surface area contributed by atoms with Gasteiger partial charge in [0.15, 0.2) is 0 Å². The van der Waals surface area contributed by atoms with E-state index in [9.17, 15) is 5.11 Å². The number of H-pyrrole nitrogens is 1. The summed E-state index contributed by atoms with van der Waals surface area (Å²) < 4.78 is 0. The fourth-order valence-corrected chi connectivity index (χ4v) is 3.17. The number of aromatic nitrogens is 1. The Morgan fingerprint density at radius 3 is 2.65 bits per heavy atom. The second-order valence-electron chi connectivity index (χ2n) is 4.65. The summed E-state index contributed by atoms with van der Waals surface area (Å²) in [4.78, 5) is 3.19. The van der Waals surface area contributed by atoms with Crippen LogP contribution in [0, 0.1) is 5.92 Å². The molecule has 1 aliphatic carbocycles. The third-order valence-electron chi connectivity index (χ3n) is 3.82. The van der Waals surface area contributed by atoms with Gasteiger partial charge >= 0.3 is 0 Å². The predicted molar refractivity (Wildman–Crippen MR) is 70.9 cm³/mol. The average Bonchev–Trinajstić information content (AvgIpc) is 2.69. The van der Waals surface area contributed by atoms with E-state index in [0.29, 0.717) is 16.9 Å². The Kier molecular flexibility index (Phi) is 2.81. The molecule has 1 aromatic carbocycles. The minimum atomic E-state index is 0.246. The van der Waals surface area contributed by atoms with Gasteiger partial charge in [0.2, 0.25) is 0 Å². The van der Waals surface area contributed by atoms with Gasteiger partial charge in [0.25, 0.3) is 0 Å². The molecule has 2 aromatic rings. The first-order valence-corrected chi connectivity index (χ1v) is 6.53.